The molecule has 0 saturated carbocycles. The SMILES string of the molecule is CC(C)C[C@H](NC(=O)CNC(=O)C1CCCCS1(=O)=O)C(=O)O. The Labute approximate surface area is 135 Å². The summed E-state index contributed by atoms with van der Waals surface area (Å²) in [4.78, 5) is 34.7. The van der Waals surface area contributed by atoms with E-state index in [1.54, 1.807) is 0 Å². The first-order valence-corrected chi connectivity index (χ1v) is 9.36. The first-order valence-electron chi connectivity index (χ1n) is 7.65. The second-order valence-electron chi connectivity index (χ2n) is 6.16. The first kappa shape index (κ1) is 19.4. The van der Waals surface area contributed by atoms with Crippen molar-refractivity contribution in [2.24, 2.45) is 5.92 Å². The van der Waals surface area contributed by atoms with Gasteiger partial charge >= 0.3 is 5.97 Å². The van der Waals surface area contributed by atoms with E-state index in [4.69, 9.17) is 5.11 Å². The van der Waals surface area contributed by atoms with Crippen LogP contribution in [-0.2, 0) is 24.2 Å². The monoisotopic (exact) mass is 348 g/mol. The number of hydrogen-bond acceptors (Lipinski definition) is 5. The van der Waals surface area contributed by atoms with Gasteiger partial charge in [-0.2, -0.15) is 0 Å². The van der Waals surface area contributed by atoms with E-state index in [1.165, 1.54) is 0 Å². The van der Waals surface area contributed by atoms with E-state index < -0.39 is 45.5 Å². The number of aliphatic carboxylic acids is 1. The van der Waals surface area contributed by atoms with Gasteiger partial charge in [-0.15, -0.1) is 0 Å². The topological polar surface area (TPSA) is 130 Å². The molecule has 1 heterocycles. The first-order chi connectivity index (χ1) is 10.6. The molecule has 0 aromatic rings. The van der Waals surface area contributed by atoms with Gasteiger partial charge in [0.25, 0.3) is 0 Å². The normalized spacial score (nSPS) is 21.4. The average molecular weight is 348 g/mol. The molecule has 1 fully saturated rings. The molecule has 1 rings (SSSR count). The molecule has 2 amide bonds. The molecular formula is C14H24N2O6S. The van der Waals surface area contributed by atoms with Gasteiger partial charge in [0, 0.05) is 0 Å². The largest absolute Gasteiger partial charge is 0.480 e. The minimum Gasteiger partial charge on any atom is -0.480 e. The third-order valence-corrected chi connectivity index (χ3v) is 5.81. The quantitative estimate of drug-likeness (QED) is 0.578. The highest BCUT2D eigenvalue weighted by Gasteiger charge is 2.34. The lowest BCUT2D eigenvalue weighted by atomic mass is 10.0. The summed E-state index contributed by atoms with van der Waals surface area (Å²) < 4.78 is 23.6. The van der Waals surface area contributed by atoms with Gasteiger partial charge < -0.3 is 15.7 Å². The highest BCUT2D eigenvalue weighted by molar-refractivity contribution is 7.92. The van der Waals surface area contributed by atoms with Gasteiger partial charge in [-0.3, -0.25) is 9.59 Å². The molecule has 1 aliphatic heterocycles. The number of amides is 2. The van der Waals surface area contributed by atoms with Crippen molar-refractivity contribution >= 4 is 27.6 Å². The van der Waals surface area contributed by atoms with Crippen LogP contribution in [0.3, 0.4) is 0 Å². The minimum atomic E-state index is -3.46. The number of carboxylic acids is 1. The molecule has 23 heavy (non-hydrogen) atoms. The fourth-order valence-corrected chi connectivity index (χ4v) is 4.29. The lowest BCUT2D eigenvalue weighted by Crippen LogP contribution is -2.49. The highest BCUT2D eigenvalue weighted by Crippen LogP contribution is 2.19. The molecule has 0 aromatic heterocycles. The maximum Gasteiger partial charge on any atom is 0.326 e. The molecule has 1 saturated heterocycles. The number of carbonyl (C=O) groups excluding carboxylic acids is 2. The third kappa shape index (κ3) is 6.17. The molecule has 0 radical (unpaired) electrons. The van der Waals surface area contributed by atoms with Crippen molar-refractivity contribution in [3.8, 4) is 0 Å². The van der Waals surface area contributed by atoms with E-state index in [0.717, 1.165) is 0 Å². The Balaban J connectivity index is 2.51. The Morgan fingerprint density at radius 3 is 2.39 bits per heavy atom. The fourth-order valence-electron chi connectivity index (χ4n) is 2.47. The van der Waals surface area contributed by atoms with Gasteiger partial charge in [0.15, 0.2) is 9.84 Å². The number of hydrogen-bond donors (Lipinski definition) is 3. The fraction of sp³-hybridized carbons (Fsp3) is 0.786. The molecule has 0 aromatic carbocycles. The molecule has 9 heteroatoms. The summed E-state index contributed by atoms with van der Waals surface area (Å²) in [5.41, 5.74) is 0. The average Bonchev–Trinajstić information content (AvgIpc) is 2.43. The Morgan fingerprint density at radius 2 is 1.87 bits per heavy atom. The van der Waals surface area contributed by atoms with Gasteiger partial charge in [-0.05, 0) is 25.2 Å². The van der Waals surface area contributed by atoms with Crippen molar-refractivity contribution < 1.29 is 27.9 Å². The number of rotatable bonds is 7. The summed E-state index contributed by atoms with van der Waals surface area (Å²) >= 11 is 0. The van der Waals surface area contributed by atoms with Crippen LogP contribution in [0.4, 0.5) is 0 Å². The Bertz CT molecular complexity index is 558. The van der Waals surface area contributed by atoms with E-state index in [1.807, 2.05) is 13.8 Å². The lowest BCUT2D eigenvalue weighted by molar-refractivity contribution is -0.142. The zero-order valence-electron chi connectivity index (χ0n) is 13.4. The summed E-state index contributed by atoms with van der Waals surface area (Å²) in [5.74, 6) is -2.44. The van der Waals surface area contributed by atoms with E-state index in [-0.39, 0.29) is 24.5 Å². The van der Waals surface area contributed by atoms with Crippen LogP contribution in [0, 0.1) is 5.92 Å². The number of carbonyl (C=O) groups is 3. The molecule has 3 N–H and O–H groups in total. The van der Waals surface area contributed by atoms with Crippen molar-refractivity contribution in [3.05, 3.63) is 0 Å². The van der Waals surface area contributed by atoms with Crippen LogP contribution >= 0.6 is 0 Å². The zero-order chi connectivity index (χ0) is 17.6. The van der Waals surface area contributed by atoms with Gasteiger partial charge in [0.1, 0.15) is 11.3 Å². The van der Waals surface area contributed by atoms with E-state index in [9.17, 15) is 22.8 Å². The third-order valence-electron chi connectivity index (χ3n) is 3.63. The number of nitrogens with one attached hydrogen (secondary N) is 2. The van der Waals surface area contributed by atoms with E-state index in [2.05, 4.69) is 10.6 Å². The standard InChI is InChI=1S/C14H24N2O6S/c1-9(2)7-10(14(19)20)16-12(17)8-15-13(18)11-5-3-4-6-23(11,21)22/h9-11H,3-8H2,1-2H3,(H,15,18)(H,16,17)(H,19,20)/t10-,11?/m0/s1. The maximum atomic E-state index is 11.9. The summed E-state index contributed by atoms with van der Waals surface area (Å²) in [7, 11) is -3.46. The van der Waals surface area contributed by atoms with Crippen LogP contribution in [0.5, 0.6) is 0 Å². The summed E-state index contributed by atoms with van der Waals surface area (Å²) in [6.07, 6.45) is 1.72. The van der Waals surface area contributed by atoms with Crippen LogP contribution in [0.2, 0.25) is 0 Å². The van der Waals surface area contributed by atoms with Gasteiger partial charge in [0.05, 0.1) is 12.3 Å². The van der Waals surface area contributed by atoms with Crippen LogP contribution in [0.1, 0.15) is 39.5 Å². The molecule has 0 spiro atoms. The summed E-state index contributed by atoms with van der Waals surface area (Å²) in [6.45, 7) is 3.22. The highest BCUT2D eigenvalue weighted by atomic mass is 32.2. The Kier molecular flexibility index (Phi) is 6.99. The minimum absolute atomic E-state index is 0.0211. The zero-order valence-corrected chi connectivity index (χ0v) is 14.2. The number of sulfone groups is 1. The van der Waals surface area contributed by atoms with Crippen LogP contribution in [0.25, 0.3) is 0 Å². The maximum absolute atomic E-state index is 11.9. The second-order valence-corrected chi connectivity index (χ2v) is 8.46. The predicted molar refractivity (Wildman–Crippen MR) is 83.5 cm³/mol. The molecule has 0 bridgehead atoms. The molecule has 8 nitrogen and oxygen atoms in total. The predicted octanol–water partition coefficient (Wildman–Crippen LogP) is -0.315. The smallest absolute Gasteiger partial charge is 0.326 e. The van der Waals surface area contributed by atoms with Gasteiger partial charge in [0.2, 0.25) is 11.8 Å². The Morgan fingerprint density at radius 1 is 1.22 bits per heavy atom. The van der Waals surface area contributed by atoms with Crippen LogP contribution < -0.4 is 10.6 Å². The van der Waals surface area contributed by atoms with Crippen LogP contribution in [0.15, 0.2) is 0 Å². The second kappa shape index (κ2) is 8.28. The Hall–Kier alpha value is -1.64. The van der Waals surface area contributed by atoms with Crippen molar-refractivity contribution in [1.82, 2.24) is 10.6 Å². The molecule has 0 aliphatic carbocycles. The van der Waals surface area contributed by atoms with Crippen molar-refractivity contribution in [2.75, 3.05) is 12.3 Å². The van der Waals surface area contributed by atoms with E-state index in [0.29, 0.717) is 12.8 Å². The summed E-state index contributed by atoms with van der Waals surface area (Å²) in [6, 6.07) is -1.03. The number of carboxylic acid groups (broad SMARTS) is 1. The summed E-state index contributed by atoms with van der Waals surface area (Å²) in [5, 5.41) is 12.5. The lowest BCUT2D eigenvalue weighted by Gasteiger charge is -2.21. The van der Waals surface area contributed by atoms with Gasteiger partial charge in [-0.25, -0.2) is 13.2 Å². The molecule has 132 valence electrons. The van der Waals surface area contributed by atoms with Crippen LogP contribution in [-0.4, -0.2) is 54.9 Å². The van der Waals surface area contributed by atoms with E-state index >= 15 is 0 Å². The molecular weight excluding hydrogens is 324 g/mol. The molecule has 1 aliphatic rings. The van der Waals surface area contributed by atoms with Crippen molar-refractivity contribution in [2.45, 2.75) is 50.8 Å². The van der Waals surface area contributed by atoms with Gasteiger partial charge in [-0.1, -0.05) is 20.3 Å². The van der Waals surface area contributed by atoms with Crippen molar-refractivity contribution in [3.63, 3.8) is 0 Å². The van der Waals surface area contributed by atoms with Crippen molar-refractivity contribution in [1.29, 1.82) is 0 Å². The molecule has 2 atom stereocenters. The molecule has 1 unspecified atom stereocenters.